The van der Waals surface area contributed by atoms with E-state index in [1.54, 1.807) is 6.07 Å². The van der Waals surface area contributed by atoms with Crippen molar-refractivity contribution < 1.29 is 9.59 Å². The highest BCUT2D eigenvalue weighted by Gasteiger charge is 2.15. The molecule has 26 heavy (non-hydrogen) atoms. The third-order valence-corrected chi connectivity index (χ3v) is 5.00. The van der Waals surface area contributed by atoms with Crippen molar-refractivity contribution in [2.75, 3.05) is 5.32 Å². The Morgan fingerprint density at radius 1 is 1.23 bits per heavy atom. The summed E-state index contributed by atoms with van der Waals surface area (Å²) in [6.45, 7) is 5.62. The zero-order valence-electron chi connectivity index (χ0n) is 15.1. The smallest absolute Gasteiger partial charge is 0.273 e. The van der Waals surface area contributed by atoms with Crippen LogP contribution in [0, 0.1) is 6.92 Å². The number of amides is 1. The number of aromatic amines is 1. The Labute approximate surface area is 156 Å². The van der Waals surface area contributed by atoms with E-state index in [1.165, 1.54) is 30.0 Å². The van der Waals surface area contributed by atoms with Crippen LogP contribution >= 0.6 is 11.3 Å². The number of ketones is 1. The zero-order valence-corrected chi connectivity index (χ0v) is 15.9. The number of H-pyrrole nitrogens is 1. The van der Waals surface area contributed by atoms with Crippen molar-refractivity contribution in [3.63, 3.8) is 0 Å². The minimum absolute atomic E-state index is 0.0841. The number of benzene rings is 1. The molecule has 0 unspecified atom stereocenters. The van der Waals surface area contributed by atoms with Crippen LogP contribution in [0.25, 0.3) is 11.3 Å². The van der Waals surface area contributed by atoms with Crippen molar-refractivity contribution in [3.8, 4) is 11.3 Å². The molecule has 2 N–H and O–H groups in total. The van der Waals surface area contributed by atoms with Crippen LogP contribution < -0.4 is 5.32 Å². The number of rotatable bonds is 6. The van der Waals surface area contributed by atoms with Gasteiger partial charge in [0.2, 0.25) is 0 Å². The first-order chi connectivity index (χ1) is 12.5. The van der Waals surface area contributed by atoms with Gasteiger partial charge in [0.25, 0.3) is 5.91 Å². The van der Waals surface area contributed by atoms with Gasteiger partial charge in [-0.05, 0) is 31.9 Å². The van der Waals surface area contributed by atoms with Gasteiger partial charge >= 0.3 is 0 Å². The average molecular weight is 367 g/mol. The third-order valence-electron chi connectivity index (χ3n) is 4.12. The van der Waals surface area contributed by atoms with E-state index in [0.29, 0.717) is 16.4 Å². The van der Waals surface area contributed by atoms with Gasteiger partial charge in [-0.15, -0.1) is 11.3 Å². The van der Waals surface area contributed by atoms with Gasteiger partial charge in [0.1, 0.15) is 5.69 Å². The topological polar surface area (TPSA) is 74.8 Å². The molecule has 6 heteroatoms. The van der Waals surface area contributed by atoms with Gasteiger partial charge in [0.05, 0.1) is 5.69 Å². The van der Waals surface area contributed by atoms with Crippen LogP contribution in [-0.2, 0) is 6.42 Å². The molecule has 3 aromatic rings. The van der Waals surface area contributed by atoms with Crippen molar-refractivity contribution in [3.05, 3.63) is 58.2 Å². The number of aromatic nitrogens is 2. The summed E-state index contributed by atoms with van der Waals surface area (Å²) in [6.07, 6.45) is 3.72. The number of thiazole rings is 1. The van der Waals surface area contributed by atoms with E-state index in [0.717, 1.165) is 29.0 Å². The number of carbonyl (C=O) groups is 2. The molecule has 2 aromatic heterocycles. The van der Waals surface area contributed by atoms with Gasteiger partial charge in [-0.1, -0.05) is 37.6 Å². The quantitative estimate of drug-likeness (QED) is 0.611. The minimum Gasteiger partial charge on any atom is -0.356 e. The second-order valence-electron chi connectivity index (χ2n) is 6.18. The molecule has 3 rings (SSSR count). The summed E-state index contributed by atoms with van der Waals surface area (Å²) in [5.74, 6) is -0.393. The molecule has 134 valence electrons. The van der Waals surface area contributed by atoms with E-state index < -0.39 is 0 Å². The highest BCUT2D eigenvalue weighted by molar-refractivity contribution is 7.16. The number of Topliss-reactive ketones (excluding diaryl/α,β-unsaturated/α-hetero) is 1. The van der Waals surface area contributed by atoms with Crippen molar-refractivity contribution in [2.45, 2.75) is 33.6 Å². The number of hydrogen-bond acceptors (Lipinski definition) is 4. The lowest BCUT2D eigenvalue weighted by molar-refractivity contribution is 0.101. The molecule has 0 saturated carbocycles. The summed E-state index contributed by atoms with van der Waals surface area (Å²) in [5.41, 5.74) is 4.06. The van der Waals surface area contributed by atoms with Crippen LogP contribution in [-0.4, -0.2) is 21.7 Å². The normalized spacial score (nSPS) is 10.7. The largest absolute Gasteiger partial charge is 0.356 e. The van der Waals surface area contributed by atoms with Crippen LogP contribution in [0.5, 0.6) is 0 Å². The molecule has 0 fully saturated rings. The zero-order chi connectivity index (χ0) is 18.7. The first kappa shape index (κ1) is 18.1. The standard InChI is InChI=1S/C20H21N3O2S/c1-4-5-14-6-8-15(9-7-14)18-13(3)26-20(22-18)23-19(25)17-10-16(11-21-17)12(2)24/h6-11,21H,4-5H2,1-3H3,(H,22,23,25). The maximum Gasteiger partial charge on any atom is 0.273 e. The third kappa shape index (κ3) is 3.91. The fraction of sp³-hybridized carbons (Fsp3) is 0.250. The Hall–Kier alpha value is -2.73. The molecular weight excluding hydrogens is 346 g/mol. The Morgan fingerprint density at radius 2 is 1.96 bits per heavy atom. The molecule has 0 atom stereocenters. The van der Waals surface area contributed by atoms with E-state index in [1.807, 2.05) is 6.92 Å². The SMILES string of the molecule is CCCc1ccc(-c2nc(NC(=O)c3cc(C(C)=O)c[nH]3)sc2C)cc1. The van der Waals surface area contributed by atoms with Crippen LogP contribution in [0.3, 0.4) is 0 Å². The summed E-state index contributed by atoms with van der Waals surface area (Å²) in [5, 5.41) is 3.34. The molecule has 1 aromatic carbocycles. The second-order valence-corrected chi connectivity index (χ2v) is 7.39. The van der Waals surface area contributed by atoms with Crippen molar-refractivity contribution >= 4 is 28.2 Å². The fourth-order valence-electron chi connectivity index (χ4n) is 2.73. The minimum atomic E-state index is -0.309. The molecule has 0 bridgehead atoms. The van der Waals surface area contributed by atoms with E-state index in [9.17, 15) is 9.59 Å². The molecule has 0 aliphatic heterocycles. The lowest BCUT2D eigenvalue weighted by atomic mass is 10.1. The van der Waals surface area contributed by atoms with Crippen LogP contribution in [0.1, 0.15) is 51.6 Å². The van der Waals surface area contributed by atoms with Crippen molar-refractivity contribution in [1.29, 1.82) is 0 Å². The predicted molar refractivity (Wildman–Crippen MR) is 105 cm³/mol. The summed E-state index contributed by atoms with van der Waals surface area (Å²) in [4.78, 5) is 32.1. The van der Waals surface area contributed by atoms with E-state index in [-0.39, 0.29) is 11.7 Å². The highest BCUT2D eigenvalue weighted by atomic mass is 32.1. The van der Waals surface area contributed by atoms with E-state index in [2.05, 4.69) is 46.5 Å². The summed E-state index contributed by atoms with van der Waals surface area (Å²) >= 11 is 1.44. The van der Waals surface area contributed by atoms with Gasteiger partial charge in [-0.2, -0.15) is 0 Å². The van der Waals surface area contributed by atoms with Gasteiger partial charge < -0.3 is 4.98 Å². The summed E-state index contributed by atoms with van der Waals surface area (Å²) in [6, 6.07) is 9.94. The Balaban J connectivity index is 1.76. The number of carbonyl (C=O) groups excluding carboxylic acids is 2. The van der Waals surface area contributed by atoms with Crippen LogP contribution in [0.2, 0.25) is 0 Å². The summed E-state index contributed by atoms with van der Waals surface area (Å²) < 4.78 is 0. The number of nitrogens with zero attached hydrogens (tertiary/aromatic N) is 1. The molecule has 5 nitrogen and oxygen atoms in total. The monoisotopic (exact) mass is 367 g/mol. The summed E-state index contributed by atoms with van der Waals surface area (Å²) in [7, 11) is 0. The molecule has 1 amide bonds. The molecule has 0 aliphatic carbocycles. The van der Waals surface area contributed by atoms with Gasteiger partial charge in [-0.3, -0.25) is 14.9 Å². The molecular formula is C20H21N3O2S. The lowest BCUT2D eigenvalue weighted by Crippen LogP contribution is -2.12. The maximum absolute atomic E-state index is 12.3. The first-order valence-electron chi connectivity index (χ1n) is 8.55. The van der Waals surface area contributed by atoms with Gasteiger partial charge in [0.15, 0.2) is 10.9 Å². The van der Waals surface area contributed by atoms with Crippen molar-refractivity contribution in [1.82, 2.24) is 9.97 Å². The number of anilines is 1. The van der Waals surface area contributed by atoms with Crippen LogP contribution in [0.15, 0.2) is 36.5 Å². The number of aryl methyl sites for hydroxylation is 2. The predicted octanol–water partition coefficient (Wildman–Crippen LogP) is 4.85. The number of hydrogen-bond donors (Lipinski definition) is 2. The van der Waals surface area contributed by atoms with Crippen LogP contribution in [0.4, 0.5) is 5.13 Å². The Kier molecular flexibility index (Phi) is 5.32. The maximum atomic E-state index is 12.3. The first-order valence-corrected chi connectivity index (χ1v) is 9.37. The van der Waals surface area contributed by atoms with E-state index >= 15 is 0 Å². The lowest BCUT2D eigenvalue weighted by Gasteiger charge is -2.02. The Bertz CT molecular complexity index is 938. The van der Waals surface area contributed by atoms with Gasteiger partial charge in [-0.25, -0.2) is 4.98 Å². The molecule has 2 heterocycles. The molecule has 0 aliphatic rings. The number of nitrogens with one attached hydrogen (secondary N) is 2. The van der Waals surface area contributed by atoms with Gasteiger partial charge in [0, 0.05) is 22.2 Å². The average Bonchev–Trinajstić information content (AvgIpc) is 3.23. The molecule has 0 spiro atoms. The molecule has 0 radical (unpaired) electrons. The molecule has 0 saturated heterocycles. The highest BCUT2D eigenvalue weighted by Crippen LogP contribution is 2.30. The van der Waals surface area contributed by atoms with E-state index in [4.69, 9.17) is 0 Å². The Morgan fingerprint density at radius 3 is 2.58 bits per heavy atom. The second kappa shape index (κ2) is 7.66. The fourth-order valence-corrected chi connectivity index (χ4v) is 3.56. The van der Waals surface area contributed by atoms with Crippen molar-refractivity contribution in [2.24, 2.45) is 0 Å².